The van der Waals surface area contributed by atoms with E-state index in [1.54, 1.807) is 12.4 Å². The van der Waals surface area contributed by atoms with Crippen molar-refractivity contribution in [3.05, 3.63) is 16.9 Å². The van der Waals surface area contributed by atoms with Crippen LogP contribution in [0.3, 0.4) is 0 Å². The summed E-state index contributed by atoms with van der Waals surface area (Å²) in [5, 5.41) is 0. The Morgan fingerprint density at radius 3 is 2.44 bits per heavy atom. The molecule has 2 heterocycles. The first-order valence-corrected chi connectivity index (χ1v) is 7.09. The fourth-order valence-electron chi connectivity index (χ4n) is 1.86. The van der Waals surface area contributed by atoms with Gasteiger partial charge in [-0.3, -0.25) is 4.79 Å². The van der Waals surface area contributed by atoms with Crippen LogP contribution >= 0.6 is 27.5 Å². The topological polar surface area (TPSA) is 49.3 Å². The van der Waals surface area contributed by atoms with Crippen molar-refractivity contribution >= 4 is 39.4 Å². The second kappa shape index (κ2) is 6.33. The Bertz CT molecular complexity index is 406. The number of carbonyl (C=O) groups is 1. The number of hydrogen-bond acceptors (Lipinski definition) is 4. The van der Waals surface area contributed by atoms with E-state index in [0.29, 0.717) is 31.3 Å². The number of alkyl halides is 1. The molecule has 0 radical (unpaired) electrons. The molecule has 18 heavy (non-hydrogen) atoms. The molecule has 0 N–H and O–H groups in total. The smallest absolute Gasteiger partial charge is 0.225 e. The van der Waals surface area contributed by atoms with Crippen molar-refractivity contribution in [1.29, 1.82) is 0 Å². The molecule has 0 aromatic carbocycles. The number of nitrogens with zero attached hydrogens (tertiary/aromatic N) is 4. The number of anilines is 1. The van der Waals surface area contributed by atoms with Gasteiger partial charge in [0.05, 0.1) is 4.47 Å². The number of amides is 1. The van der Waals surface area contributed by atoms with Crippen molar-refractivity contribution in [2.24, 2.45) is 0 Å². The normalized spacial score (nSPS) is 15.9. The van der Waals surface area contributed by atoms with Crippen LogP contribution in [0.5, 0.6) is 0 Å². The van der Waals surface area contributed by atoms with E-state index < -0.39 is 0 Å². The molecule has 7 heteroatoms. The Morgan fingerprint density at radius 1 is 1.28 bits per heavy atom. The molecule has 1 aliphatic heterocycles. The summed E-state index contributed by atoms with van der Waals surface area (Å²) in [6.45, 7) is 2.93. The predicted octanol–water partition coefficient (Wildman–Crippen LogP) is 1.52. The molecule has 1 aromatic rings. The van der Waals surface area contributed by atoms with Gasteiger partial charge in [-0.25, -0.2) is 9.97 Å². The van der Waals surface area contributed by atoms with Crippen molar-refractivity contribution in [1.82, 2.24) is 14.9 Å². The van der Waals surface area contributed by atoms with Crippen molar-refractivity contribution in [3.63, 3.8) is 0 Å². The molecule has 0 bridgehead atoms. The summed E-state index contributed by atoms with van der Waals surface area (Å²) >= 11 is 8.88. The maximum absolute atomic E-state index is 11.7. The van der Waals surface area contributed by atoms with Gasteiger partial charge in [-0.2, -0.15) is 0 Å². The van der Waals surface area contributed by atoms with Crippen LogP contribution in [0.4, 0.5) is 5.95 Å². The van der Waals surface area contributed by atoms with Gasteiger partial charge in [-0.1, -0.05) is 0 Å². The Kier molecular flexibility index (Phi) is 4.77. The first-order valence-electron chi connectivity index (χ1n) is 5.77. The molecule has 1 aliphatic rings. The van der Waals surface area contributed by atoms with Gasteiger partial charge in [0.25, 0.3) is 0 Å². The van der Waals surface area contributed by atoms with Gasteiger partial charge in [-0.05, 0) is 15.9 Å². The molecule has 1 saturated heterocycles. The molecule has 1 aromatic heterocycles. The van der Waals surface area contributed by atoms with Gasteiger partial charge in [0, 0.05) is 50.9 Å². The number of carbonyl (C=O) groups excluding carboxylic acids is 1. The van der Waals surface area contributed by atoms with Gasteiger partial charge in [0.1, 0.15) is 0 Å². The van der Waals surface area contributed by atoms with Gasteiger partial charge in [0.2, 0.25) is 11.9 Å². The second-order valence-corrected chi connectivity index (χ2v) is 5.30. The van der Waals surface area contributed by atoms with E-state index in [1.807, 2.05) is 4.90 Å². The van der Waals surface area contributed by atoms with Crippen LogP contribution in [-0.4, -0.2) is 52.8 Å². The molecule has 0 atom stereocenters. The monoisotopic (exact) mass is 332 g/mol. The predicted molar refractivity (Wildman–Crippen MR) is 73.9 cm³/mol. The molecule has 5 nitrogen and oxygen atoms in total. The fraction of sp³-hybridized carbons (Fsp3) is 0.545. The van der Waals surface area contributed by atoms with E-state index >= 15 is 0 Å². The first-order chi connectivity index (χ1) is 8.70. The van der Waals surface area contributed by atoms with Crippen molar-refractivity contribution in [2.75, 3.05) is 37.0 Å². The number of hydrogen-bond donors (Lipinski definition) is 0. The van der Waals surface area contributed by atoms with E-state index in [4.69, 9.17) is 11.6 Å². The number of rotatable bonds is 3. The zero-order valence-corrected chi connectivity index (χ0v) is 12.2. The summed E-state index contributed by atoms with van der Waals surface area (Å²) in [6, 6.07) is 0. The van der Waals surface area contributed by atoms with Crippen LogP contribution in [0.1, 0.15) is 6.42 Å². The summed E-state index contributed by atoms with van der Waals surface area (Å²) in [7, 11) is 0. The first kappa shape index (κ1) is 13.5. The molecule has 1 fully saturated rings. The number of halogens is 2. The highest BCUT2D eigenvalue weighted by Crippen LogP contribution is 2.13. The zero-order chi connectivity index (χ0) is 13.0. The third-order valence-corrected chi connectivity index (χ3v) is 3.43. The lowest BCUT2D eigenvalue weighted by molar-refractivity contribution is -0.131. The minimum absolute atomic E-state index is 0.126. The van der Waals surface area contributed by atoms with Gasteiger partial charge < -0.3 is 9.80 Å². The van der Waals surface area contributed by atoms with Crippen molar-refractivity contribution in [3.8, 4) is 0 Å². The minimum atomic E-state index is 0.126. The lowest BCUT2D eigenvalue weighted by Gasteiger charge is -2.34. The van der Waals surface area contributed by atoms with Crippen LogP contribution in [0, 0.1) is 0 Å². The summed E-state index contributed by atoms with van der Waals surface area (Å²) in [5.74, 6) is 1.22. The molecule has 0 unspecified atom stereocenters. The van der Waals surface area contributed by atoms with Gasteiger partial charge in [-0.15, -0.1) is 11.6 Å². The van der Waals surface area contributed by atoms with E-state index in [-0.39, 0.29) is 5.91 Å². The maximum Gasteiger partial charge on any atom is 0.225 e. The standard InChI is InChI=1S/C11H14BrClN4O/c12-9-7-14-11(15-8-9)17-5-3-16(4-6-17)10(18)1-2-13/h7-8H,1-6H2. The van der Waals surface area contributed by atoms with Crippen LogP contribution in [0.25, 0.3) is 0 Å². The third-order valence-electron chi connectivity index (χ3n) is 2.83. The Balaban J connectivity index is 1.90. The van der Waals surface area contributed by atoms with Crippen molar-refractivity contribution in [2.45, 2.75) is 6.42 Å². The molecule has 0 spiro atoms. The highest BCUT2D eigenvalue weighted by Gasteiger charge is 2.21. The van der Waals surface area contributed by atoms with Crippen LogP contribution in [0.2, 0.25) is 0 Å². The SMILES string of the molecule is O=C(CCCl)N1CCN(c2ncc(Br)cn2)CC1. The van der Waals surface area contributed by atoms with E-state index in [9.17, 15) is 4.79 Å². The summed E-state index contributed by atoms with van der Waals surface area (Å²) in [5.41, 5.74) is 0. The lowest BCUT2D eigenvalue weighted by Crippen LogP contribution is -2.49. The van der Waals surface area contributed by atoms with Crippen molar-refractivity contribution < 1.29 is 4.79 Å². The van der Waals surface area contributed by atoms with Crippen LogP contribution in [0.15, 0.2) is 16.9 Å². The summed E-state index contributed by atoms with van der Waals surface area (Å²) in [4.78, 5) is 24.1. The molecule has 2 rings (SSSR count). The maximum atomic E-state index is 11.7. The Hall–Kier alpha value is -0.880. The average molecular weight is 334 g/mol. The number of aromatic nitrogens is 2. The third kappa shape index (κ3) is 3.32. The molecule has 98 valence electrons. The molecule has 0 saturated carbocycles. The quantitative estimate of drug-likeness (QED) is 0.787. The summed E-state index contributed by atoms with van der Waals surface area (Å²) < 4.78 is 0.863. The molecular weight excluding hydrogens is 320 g/mol. The largest absolute Gasteiger partial charge is 0.339 e. The molecular formula is C11H14BrClN4O. The van der Waals surface area contributed by atoms with Gasteiger partial charge >= 0.3 is 0 Å². The van der Waals surface area contributed by atoms with E-state index in [1.165, 1.54) is 0 Å². The van der Waals surface area contributed by atoms with E-state index in [0.717, 1.165) is 17.6 Å². The molecule has 0 aliphatic carbocycles. The summed E-state index contributed by atoms with van der Waals surface area (Å²) in [6.07, 6.45) is 3.87. The van der Waals surface area contributed by atoms with Gasteiger partial charge in [0.15, 0.2) is 0 Å². The van der Waals surface area contributed by atoms with E-state index in [2.05, 4.69) is 30.8 Å². The van der Waals surface area contributed by atoms with Crippen LogP contribution in [-0.2, 0) is 4.79 Å². The zero-order valence-electron chi connectivity index (χ0n) is 9.85. The molecule has 1 amide bonds. The number of piperazine rings is 1. The second-order valence-electron chi connectivity index (χ2n) is 4.01. The average Bonchev–Trinajstić information content (AvgIpc) is 2.40. The highest BCUT2D eigenvalue weighted by atomic mass is 79.9. The van der Waals surface area contributed by atoms with Crippen LogP contribution < -0.4 is 4.90 Å². The lowest BCUT2D eigenvalue weighted by atomic mass is 10.3. The Labute approximate surface area is 119 Å². The Morgan fingerprint density at radius 2 is 1.89 bits per heavy atom. The fourth-order valence-corrected chi connectivity index (χ4v) is 2.23. The minimum Gasteiger partial charge on any atom is -0.339 e. The highest BCUT2D eigenvalue weighted by molar-refractivity contribution is 9.10.